The van der Waals surface area contributed by atoms with Gasteiger partial charge < -0.3 is 20.1 Å². The number of hydrogen-bond acceptors (Lipinski definition) is 7. The molecule has 12 nitrogen and oxygen atoms in total. The van der Waals surface area contributed by atoms with Crippen LogP contribution < -0.4 is 27.7 Å². The van der Waals surface area contributed by atoms with Crippen LogP contribution in [-0.2, 0) is 29.1 Å². The van der Waals surface area contributed by atoms with Crippen LogP contribution in [0, 0.1) is 0 Å². The van der Waals surface area contributed by atoms with Crippen LogP contribution in [0.2, 0.25) is 0 Å². The summed E-state index contributed by atoms with van der Waals surface area (Å²) in [6, 6.07) is 0. The number of unbranched alkanes of at least 4 members (excludes halogenated alkanes) is 6. The van der Waals surface area contributed by atoms with Gasteiger partial charge in [0.25, 0.3) is 0 Å². The highest BCUT2D eigenvalue weighted by atomic mass is 19.1. The van der Waals surface area contributed by atoms with Gasteiger partial charge in [0.05, 0.1) is 0 Å². The first-order valence-electron chi connectivity index (χ1n) is 12.7. The number of nitrogens with zero attached hydrogens (tertiary/aromatic N) is 3. The highest BCUT2D eigenvalue weighted by Gasteiger charge is 2.14. The quantitative estimate of drug-likeness (QED) is 0.257. The number of hydrogen-bond donors (Lipinski definition) is 2. The van der Waals surface area contributed by atoms with Gasteiger partial charge in [-0.15, -0.1) is 0 Å². The van der Waals surface area contributed by atoms with E-state index >= 15 is 0 Å². The van der Waals surface area contributed by atoms with Crippen molar-refractivity contribution < 1.29 is 27.8 Å². The fourth-order valence-corrected chi connectivity index (χ4v) is 3.58. The Bertz CT molecular complexity index is 921. The summed E-state index contributed by atoms with van der Waals surface area (Å²) in [7, 11) is 0. The Labute approximate surface area is 213 Å². The SMILES string of the molecule is CCn1c(=O)n(CCCCCCNC(=O)OCCF)c(=O)n(CCCCCCNC(=O)OCCF)c1=O. The lowest BCUT2D eigenvalue weighted by Gasteiger charge is -2.13. The smallest absolute Gasteiger partial charge is 0.407 e. The first-order chi connectivity index (χ1) is 17.9. The van der Waals surface area contributed by atoms with Crippen molar-refractivity contribution in [2.75, 3.05) is 39.7 Å². The van der Waals surface area contributed by atoms with Crippen LogP contribution >= 0.6 is 0 Å². The lowest BCUT2D eigenvalue weighted by molar-refractivity contribution is 0.137. The van der Waals surface area contributed by atoms with Crippen LogP contribution in [0.25, 0.3) is 0 Å². The topological polar surface area (TPSA) is 143 Å². The Kier molecular flexibility index (Phi) is 16.3. The number of aromatic nitrogens is 3. The summed E-state index contributed by atoms with van der Waals surface area (Å²) in [6.45, 7) is 0.875. The maximum Gasteiger partial charge on any atom is 0.407 e. The molecular weight excluding hydrogens is 496 g/mol. The number of alkyl carbamates (subject to hydrolysis) is 2. The minimum atomic E-state index is -0.735. The van der Waals surface area contributed by atoms with Gasteiger partial charge in [0.15, 0.2) is 0 Å². The van der Waals surface area contributed by atoms with Crippen LogP contribution in [0.15, 0.2) is 14.4 Å². The molecule has 0 aliphatic rings. The van der Waals surface area contributed by atoms with E-state index in [9.17, 15) is 32.8 Å². The van der Waals surface area contributed by atoms with Crippen LogP contribution in [0.3, 0.4) is 0 Å². The Morgan fingerprint density at radius 2 is 1.03 bits per heavy atom. The average Bonchev–Trinajstić information content (AvgIpc) is 2.88. The Balaban J connectivity index is 2.50. The zero-order valence-electron chi connectivity index (χ0n) is 21.5. The molecule has 0 saturated carbocycles. The largest absolute Gasteiger partial charge is 0.447 e. The van der Waals surface area contributed by atoms with Gasteiger partial charge in [-0.1, -0.05) is 25.7 Å². The number of amides is 2. The molecule has 0 fully saturated rings. The predicted molar refractivity (Wildman–Crippen MR) is 132 cm³/mol. The van der Waals surface area contributed by atoms with E-state index in [0.29, 0.717) is 51.6 Å². The number of carbonyl (C=O) groups excluding carboxylic acids is 2. The molecule has 212 valence electrons. The van der Waals surface area contributed by atoms with E-state index < -0.39 is 42.6 Å². The van der Waals surface area contributed by atoms with Gasteiger partial charge in [-0.25, -0.2) is 46.5 Å². The summed E-state index contributed by atoms with van der Waals surface area (Å²) in [5.74, 6) is 0. The van der Waals surface area contributed by atoms with Gasteiger partial charge in [-0.2, -0.15) is 0 Å². The molecule has 1 aromatic rings. The molecule has 0 atom stereocenters. The Morgan fingerprint density at radius 1 is 0.649 bits per heavy atom. The molecule has 0 bridgehead atoms. The third-order valence-corrected chi connectivity index (χ3v) is 5.48. The number of carbonyl (C=O) groups is 2. The molecule has 0 aromatic carbocycles. The maximum atomic E-state index is 12.9. The van der Waals surface area contributed by atoms with Crippen molar-refractivity contribution in [2.45, 2.75) is 77.9 Å². The zero-order valence-corrected chi connectivity index (χ0v) is 21.5. The summed E-state index contributed by atoms with van der Waals surface area (Å²) >= 11 is 0. The third-order valence-electron chi connectivity index (χ3n) is 5.48. The summed E-state index contributed by atoms with van der Waals surface area (Å²) in [4.78, 5) is 60.6. The van der Waals surface area contributed by atoms with Crippen molar-refractivity contribution in [2.24, 2.45) is 0 Å². The second-order valence-electron chi connectivity index (χ2n) is 8.23. The molecule has 1 rings (SSSR count). The lowest BCUT2D eigenvalue weighted by atomic mass is 10.2. The van der Waals surface area contributed by atoms with Gasteiger partial charge in [-0.05, 0) is 32.6 Å². The first-order valence-corrected chi connectivity index (χ1v) is 12.7. The molecule has 1 aromatic heterocycles. The van der Waals surface area contributed by atoms with Gasteiger partial charge in [0.2, 0.25) is 0 Å². The van der Waals surface area contributed by atoms with E-state index in [4.69, 9.17) is 0 Å². The minimum absolute atomic E-state index is 0.145. The predicted octanol–water partition coefficient (Wildman–Crippen LogP) is 1.70. The monoisotopic (exact) mass is 535 g/mol. The zero-order chi connectivity index (χ0) is 27.5. The van der Waals surface area contributed by atoms with Crippen LogP contribution in [-0.4, -0.2) is 65.5 Å². The molecule has 1 heterocycles. The van der Waals surface area contributed by atoms with Crippen molar-refractivity contribution in [1.82, 2.24) is 24.3 Å². The minimum Gasteiger partial charge on any atom is -0.447 e. The van der Waals surface area contributed by atoms with E-state index in [1.165, 1.54) is 0 Å². The maximum absolute atomic E-state index is 12.9. The molecule has 14 heteroatoms. The second kappa shape index (κ2) is 19.0. The highest BCUT2D eigenvalue weighted by Crippen LogP contribution is 2.01. The van der Waals surface area contributed by atoms with E-state index in [0.717, 1.165) is 26.5 Å². The van der Waals surface area contributed by atoms with Gasteiger partial charge in [0, 0.05) is 32.7 Å². The van der Waals surface area contributed by atoms with Gasteiger partial charge in [-0.3, -0.25) is 0 Å². The molecule has 2 amide bonds. The second-order valence-corrected chi connectivity index (χ2v) is 8.23. The summed E-state index contributed by atoms with van der Waals surface area (Å²) in [5, 5.41) is 5.02. The molecule has 0 aliphatic carbocycles. The van der Waals surface area contributed by atoms with Crippen molar-refractivity contribution in [1.29, 1.82) is 0 Å². The molecule has 2 N–H and O–H groups in total. The summed E-state index contributed by atoms with van der Waals surface area (Å²) in [5.41, 5.74) is -1.89. The molecular formula is C23H39F2N5O7. The normalized spacial score (nSPS) is 10.8. The van der Waals surface area contributed by atoms with Gasteiger partial charge >= 0.3 is 29.3 Å². The lowest BCUT2D eigenvalue weighted by Crippen LogP contribution is -2.54. The first kappa shape index (κ1) is 31.8. The van der Waals surface area contributed by atoms with E-state index in [2.05, 4.69) is 20.1 Å². The Hall–Kier alpha value is -3.19. The molecule has 0 aliphatic heterocycles. The number of nitrogens with one attached hydrogen (secondary N) is 2. The Morgan fingerprint density at radius 3 is 1.41 bits per heavy atom. The molecule has 0 spiro atoms. The summed E-state index contributed by atoms with van der Waals surface area (Å²) in [6.07, 6.45) is 3.95. The number of halogens is 2. The van der Waals surface area contributed by atoms with Crippen molar-refractivity contribution >= 4 is 12.2 Å². The van der Waals surface area contributed by atoms with Crippen molar-refractivity contribution in [3.63, 3.8) is 0 Å². The van der Waals surface area contributed by atoms with Crippen molar-refractivity contribution in [3.8, 4) is 0 Å². The standard InChI is InChI=1S/C23H39F2N5O7/c1-2-28-21(33)29(15-9-5-3-7-13-26-19(31)36-17-11-24)23(35)30(22(28)34)16-10-6-4-8-14-27-20(32)37-18-12-25/h2-18H2,1H3,(H,26,31)(H,27,32). The highest BCUT2D eigenvalue weighted by molar-refractivity contribution is 5.67. The fourth-order valence-electron chi connectivity index (χ4n) is 3.58. The third kappa shape index (κ3) is 12.1. The van der Waals surface area contributed by atoms with E-state index in [1.807, 2.05) is 0 Å². The van der Waals surface area contributed by atoms with Gasteiger partial charge in [0.1, 0.15) is 26.6 Å². The number of ether oxygens (including phenoxy) is 2. The summed E-state index contributed by atoms with van der Waals surface area (Å²) < 4.78 is 36.2. The van der Waals surface area contributed by atoms with Crippen molar-refractivity contribution in [3.05, 3.63) is 31.5 Å². The van der Waals surface area contributed by atoms with Crippen LogP contribution in [0.4, 0.5) is 18.4 Å². The number of rotatable bonds is 19. The molecule has 0 unspecified atom stereocenters. The van der Waals surface area contributed by atoms with E-state index in [-0.39, 0.29) is 32.8 Å². The fraction of sp³-hybridized carbons (Fsp3) is 0.783. The molecule has 37 heavy (non-hydrogen) atoms. The van der Waals surface area contributed by atoms with E-state index in [1.54, 1.807) is 6.92 Å². The average molecular weight is 536 g/mol. The molecule has 0 radical (unpaired) electrons. The van der Waals surface area contributed by atoms with Crippen LogP contribution in [0.1, 0.15) is 58.3 Å². The number of alkyl halides is 2. The molecule has 0 saturated heterocycles. The van der Waals surface area contributed by atoms with Crippen LogP contribution in [0.5, 0.6) is 0 Å².